The molecule has 0 fully saturated rings. The maximum absolute atomic E-state index is 9.95. The summed E-state index contributed by atoms with van der Waals surface area (Å²) in [6.07, 6.45) is 0. The van der Waals surface area contributed by atoms with E-state index >= 15 is 0 Å². The predicted octanol–water partition coefficient (Wildman–Crippen LogP) is 1.81. The molecule has 0 heterocycles. The summed E-state index contributed by atoms with van der Waals surface area (Å²) in [4.78, 5) is 0. The Kier molecular flexibility index (Phi) is 4.29. The van der Waals surface area contributed by atoms with Crippen LogP contribution in [0, 0.1) is 0 Å². The Morgan fingerprint density at radius 1 is 1.00 bits per heavy atom. The van der Waals surface area contributed by atoms with E-state index in [0.29, 0.717) is 0 Å². The van der Waals surface area contributed by atoms with Gasteiger partial charge >= 0.3 is 50.9 Å². The van der Waals surface area contributed by atoms with Crippen molar-refractivity contribution in [3.63, 3.8) is 0 Å². The van der Waals surface area contributed by atoms with E-state index in [0.717, 1.165) is 0 Å². The average Bonchev–Trinajstić information content (AvgIpc) is 0.650. The second kappa shape index (κ2) is 2.59. The quantitative estimate of drug-likeness (QED) is 0.660. The van der Waals surface area contributed by atoms with Crippen LogP contribution in [0.3, 0.4) is 0 Å². The molecule has 0 unspecified atom stereocenters. The number of rotatable bonds is 0. The molecule has 46 valence electrons. The van der Waals surface area contributed by atoms with Crippen LogP contribution in [0.2, 0.25) is 0 Å². The molecular weight excluding hydrogens is 265 g/mol. The van der Waals surface area contributed by atoms with E-state index in [1.165, 1.54) is 0 Å². The first-order valence-corrected chi connectivity index (χ1v) is 14.6. The van der Waals surface area contributed by atoms with Crippen LogP contribution in [0.5, 0.6) is 0 Å². The monoisotopic (exact) mass is 264 g/mol. The summed E-state index contributed by atoms with van der Waals surface area (Å²) in [6, 6.07) is 0. The number of hydrogen-bond acceptors (Lipinski definition) is 1. The van der Waals surface area contributed by atoms with E-state index in [9.17, 15) is 2.81 Å². The van der Waals surface area contributed by atoms with Gasteiger partial charge in [-0.15, -0.1) is 0 Å². The average molecular weight is 267 g/mol. The van der Waals surface area contributed by atoms with Gasteiger partial charge in [0.15, 0.2) is 0 Å². The second-order valence-electron chi connectivity index (χ2n) is 0.737. The van der Waals surface area contributed by atoms with Gasteiger partial charge in [0.1, 0.15) is 0 Å². The van der Waals surface area contributed by atoms with Crippen molar-refractivity contribution in [2.24, 2.45) is 0 Å². The first-order chi connectivity index (χ1) is 2.24. The van der Waals surface area contributed by atoms with Crippen molar-refractivity contribution < 1.29 is 22.3 Å². The first-order valence-electron chi connectivity index (χ1n) is 0.960. The van der Waals surface area contributed by atoms with Crippen LogP contribution >= 0.6 is 34.1 Å². The Hall–Kier alpha value is 1.80. The van der Waals surface area contributed by atoms with Crippen LogP contribution < -0.4 is 0 Å². The van der Waals surface area contributed by atoms with Crippen LogP contribution in [0.15, 0.2) is 0 Å². The molecule has 0 radical (unpaired) electrons. The molecule has 0 aromatic heterocycles. The van der Waals surface area contributed by atoms with Crippen LogP contribution in [0.4, 0.5) is 0 Å². The summed E-state index contributed by atoms with van der Waals surface area (Å²) in [5, 5.41) is 0. The van der Waals surface area contributed by atoms with E-state index in [2.05, 4.69) is 0 Å². The van der Waals surface area contributed by atoms with E-state index in [1.54, 1.807) is 0 Å². The van der Waals surface area contributed by atoms with Gasteiger partial charge < -0.3 is 5.48 Å². The predicted molar refractivity (Wildman–Crippen MR) is 27.7 cm³/mol. The number of hydrogen-bond donors (Lipinski definition) is 0. The summed E-state index contributed by atoms with van der Waals surface area (Å²) < 4.78 is 9.95. The van der Waals surface area contributed by atoms with E-state index in [1.807, 2.05) is 0 Å². The molecule has 0 bridgehead atoms. The minimum atomic E-state index is -5.12. The topological polar surface area (TPSA) is 48.6 Å². The molecule has 0 saturated heterocycles. The van der Waals surface area contributed by atoms with Gasteiger partial charge in [0.05, 0.1) is 0 Å². The molecule has 0 aliphatic rings. The zero-order valence-corrected chi connectivity index (χ0v) is 8.40. The zero-order valence-electron chi connectivity index (χ0n) is 2.92. The fourth-order valence-corrected chi connectivity index (χ4v) is 0. The zero-order chi connectivity index (χ0) is 5.45. The van der Waals surface area contributed by atoms with Gasteiger partial charge in [-0.05, 0) is 0 Å². The van der Waals surface area contributed by atoms with E-state index in [4.69, 9.17) is 34.1 Å². The normalized spacial score (nSPS) is 12.7. The second-order valence-corrected chi connectivity index (χ2v) is 28.3. The molecule has 2 nitrogen and oxygen atoms in total. The summed E-state index contributed by atoms with van der Waals surface area (Å²) >= 11 is -5.12. The summed E-state index contributed by atoms with van der Waals surface area (Å²) in [7, 11) is 18.9. The molecule has 2 N–H and O–H groups in total. The fourth-order valence-electron chi connectivity index (χ4n) is 0. The van der Waals surface area contributed by atoms with E-state index < -0.39 is 14.0 Å². The third-order valence-corrected chi connectivity index (χ3v) is 0. The van der Waals surface area contributed by atoms with Crippen molar-refractivity contribution >= 4 is 34.1 Å². The van der Waals surface area contributed by atoms with Gasteiger partial charge in [0.25, 0.3) is 0 Å². The van der Waals surface area contributed by atoms with Gasteiger partial charge in [0, 0.05) is 0 Å². The molecule has 0 aromatic rings. The van der Waals surface area contributed by atoms with E-state index in [-0.39, 0.29) is 5.48 Å². The van der Waals surface area contributed by atoms with Crippen molar-refractivity contribution in [2.45, 2.75) is 0 Å². The molecule has 0 amide bonds. The maximum atomic E-state index is 9.95. The molecule has 0 aliphatic heterocycles. The third kappa shape index (κ3) is 80.8. The Morgan fingerprint density at radius 2 is 1.00 bits per heavy atom. The molecule has 7 heavy (non-hydrogen) atoms. The molecule has 0 aliphatic carbocycles. The Bertz CT molecular complexity index is 87.3. The summed E-state index contributed by atoms with van der Waals surface area (Å²) in [5.41, 5.74) is 0. The van der Waals surface area contributed by atoms with Crippen molar-refractivity contribution in [3.05, 3.63) is 0 Å². The molecule has 0 saturated carbocycles. The SMILES string of the molecule is O.[O]=[Zr]([Cl])([Cl])([Cl])[Cl]. The Balaban J connectivity index is 0. The summed E-state index contributed by atoms with van der Waals surface area (Å²) in [5.74, 6) is 0. The van der Waals surface area contributed by atoms with Crippen LogP contribution in [0.1, 0.15) is 0 Å². The van der Waals surface area contributed by atoms with Gasteiger partial charge in [-0.25, -0.2) is 0 Å². The van der Waals surface area contributed by atoms with Crippen molar-refractivity contribution in [3.8, 4) is 0 Å². The Morgan fingerprint density at radius 3 is 1.00 bits per heavy atom. The van der Waals surface area contributed by atoms with Crippen LogP contribution in [0.25, 0.3) is 0 Å². The third-order valence-electron chi connectivity index (χ3n) is 0. The van der Waals surface area contributed by atoms with Gasteiger partial charge in [-0.2, -0.15) is 0 Å². The molecular formula is H2Cl4O2Zr. The van der Waals surface area contributed by atoms with Crippen molar-refractivity contribution in [1.82, 2.24) is 0 Å². The molecule has 0 spiro atoms. The number of halogens is 4. The van der Waals surface area contributed by atoms with Gasteiger partial charge in [-0.1, -0.05) is 0 Å². The molecule has 0 aromatic carbocycles. The summed E-state index contributed by atoms with van der Waals surface area (Å²) in [6.45, 7) is 0. The van der Waals surface area contributed by atoms with Gasteiger partial charge in [-0.3, -0.25) is 0 Å². The first kappa shape index (κ1) is 11.6. The molecule has 7 heteroatoms. The minimum absolute atomic E-state index is 0. The van der Waals surface area contributed by atoms with Gasteiger partial charge in [0.2, 0.25) is 0 Å². The molecule has 0 atom stereocenters. The van der Waals surface area contributed by atoms with Crippen LogP contribution in [-0.2, 0) is 16.8 Å². The fraction of sp³-hybridized carbons (Fsp3) is 0. The Labute approximate surface area is 55.8 Å². The standard InChI is InChI=1S/4ClH.H2O.O.Zr/h4*1H;1H2;;/q;;;;;;+4/p-4. The van der Waals surface area contributed by atoms with Crippen molar-refractivity contribution in [2.75, 3.05) is 0 Å². The van der Waals surface area contributed by atoms with Crippen LogP contribution in [-0.4, -0.2) is 5.48 Å². The van der Waals surface area contributed by atoms with Crippen molar-refractivity contribution in [1.29, 1.82) is 0 Å². The molecule has 0 rings (SSSR count).